The smallest absolute Gasteiger partial charge is 0.148 e. The highest BCUT2D eigenvalue weighted by Crippen LogP contribution is 2.28. The molecule has 4 N–H and O–H groups in total. The van der Waals surface area contributed by atoms with Crippen LogP contribution in [0.5, 0.6) is 0 Å². The highest BCUT2D eigenvalue weighted by molar-refractivity contribution is 5.58. The zero-order chi connectivity index (χ0) is 14.5. The van der Waals surface area contributed by atoms with Crippen molar-refractivity contribution in [1.82, 2.24) is 19.5 Å². The number of aromatic nitrogens is 4. The molecule has 0 saturated carbocycles. The van der Waals surface area contributed by atoms with Crippen LogP contribution >= 0.6 is 0 Å². The summed E-state index contributed by atoms with van der Waals surface area (Å²) in [5.41, 5.74) is 3.62. The molecule has 0 bridgehead atoms. The van der Waals surface area contributed by atoms with E-state index >= 15 is 0 Å². The molecule has 0 aliphatic carbocycles. The van der Waals surface area contributed by atoms with Crippen molar-refractivity contribution in [2.75, 3.05) is 10.7 Å². The zero-order valence-electron chi connectivity index (χ0n) is 12.0. The zero-order valence-corrected chi connectivity index (χ0v) is 12.0. The molecule has 2 aromatic rings. The quantitative estimate of drug-likeness (QED) is 0.547. The SMILES string of the molecule is CC(Cn1ccnc1)Nc1ncnc(NN)c1C(C)C. The normalized spacial score (nSPS) is 12.4. The number of nitrogen functional groups attached to an aromatic ring is 1. The van der Waals surface area contributed by atoms with Gasteiger partial charge in [0, 0.05) is 30.5 Å². The second-order valence-corrected chi connectivity index (χ2v) is 5.09. The van der Waals surface area contributed by atoms with Crippen LogP contribution in [-0.4, -0.2) is 25.6 Å². The molecule has 0 saturated heterocycles. The van der Waals surface area contributed by atoms with Crippen LogP contribution in [0.2, 0.25) is 0 Å². The van der Waals surface area contributed by atoms with E-state index in [-0.39, 0.29) is 12.0 Å². The van der Waals surface area contributed by atoms with Gasteiger partial charge >= 0.3 is 0 Å². The van der Waals surface area contributed by atoms with Crippen molar-refractivity contribution >= 4 is 11.6 Å². The van der Waals surface area contributed by atoms with Gasteiger partial charge in [-0.25, -0.2) is 20.8 Å². The van der Waals surface area contributed by atoms with Gasteiger partial charge in [0.25, 0.3) is 0 Å². The van der Waals surface area contributed by atoms with Gasteiger partial charge in [-0.05, 0) is 12.8 Å². The van der Waals surface area contributed by atoms with E-state index in [1.54, 1.807) is 12.5 Å². The van der Waals surface area contributed by atoms with Gasteiger partial charge in [0.05, 0.1) is 6.33 Å². The minimum Gasteiger partial charge on any atom is -0.365 e. The highest BCUT2D eigenvalue weighted by atomic mass is 15.3. The average Bonchev–Trinajstić information content (AvgIpc) is 2.90. The first-order valence-electron chi connectivity index (χ1n) is 6.65. The first-order valence-corrected chi connectivity index (χ1v) is 6.65. The number of imidazole rings is 1. The predicted octanol–water partition coefficient (Wildman–Crippen LogP) is 1.58. The molecule has 0 amide bonds. The molecule has 1 unspecified atom stereocenters. The topological polar surface area (TPSA) is 93.7 Å². The van der Waals surface area contributed by atoms with Crippen LogP contribution in [0.3, 0.4) is 0 Å². The molecule has 0 fully saturated rings. The predicted molar refractivity (Wildman–Crippen MR) is 79.2 cm³/mol. The van der Waals surface area contributed by atoms with E-state index in [2.05, 4.69) is 46.5 Å². The lowest BCUT2D eigenvalue weighted by molar-refractivity contribution is 0.615. The molecule has 20 heavy (non-hydrogen) atoms. The number of hydrazine groups is 1. The van der Waals surface area contributed by atoms with Crippen LogP contribution in [-0.2, 0) is 6.54 Å². The van der Waals surface area contributed by atoms with Crippen molar-refractivity contribution in [2.45, 2.75) is 39.3 Å². The Kier molecular flexibility index (Phi) is 4.52. The molecule has 7 nitrogen and oxygen atoms in total. The summed E-state index contributed by atoms with van der Waals surface area (Å²) in [5.74, 6) is 7.26. The van der Waals surface area contributed by atoms with E-state index in [0.29, 0.717) is 5.82 Å². The number of nitrogens with zero attached hydrogens (tertiary/aromatic N) is 4. The monoisotopic (exact) mass is 275 g/mol. The summed E-state index contributed by atoms with van der Waals surface area (Å²) in [6, 6.07) is 0.210. The molecule has 0 aromatic carbocycles. The molecule has 0 aliphatic rings. The van der Waals surface area contributed by atoms with Gasteiger partial charge in [-0.2, -0.15) is 0 Å². The van der Waals surface area contributed by atoms with Crippen molar-refractivity contribution in [3.63, 3.8) is 0 Å². The molecule has 0 aliphatic heterocycles. The molecule has 2 heterocycles. The summed E-state index contributed by atoms with van der Waals surface area (Å²) in [6.07, 6.45) is 7.02. The van der Waals surface area contributed by atoms with Gasteiger partial charge in [-0.3, -0.25) is 0 Å². The maximum Gasteiger partial charge on any atom is 0.148 e. The van der Waals surface area contributed by atoms with Gasteiger partial charge in [0.2, 0.25) is 0 Å². The Morgan fingerprint density at radius 1 is 1.25 bits per heavy atom. The molecule has 0 spiro atoms. The van der Waals surface area contributed by atoms with E-state index in [9.17, 15) is 0 Å². The standard InChI is InChI=1S/C13H21N7/c1-9(2)11-12(16-7-17-13(11)19-14)18-10(3)6-20-5-4-15-8-20/h4-5,7-10H,6,14H2,1-3H3,(H2,16,17,18,19). The third-order valence-electron chi connectivity index (χ3n) is 3.02. The minimum absolute atomic E-state index is 0.210. The van der Waals surface area contributed by atoms with Crippen LogP contribution in [0, 0.1) is 0 Å². The maximum absolute atomic E-state index is 5.52. The van der Waals surface area contributed by atoms with Crippen LogP contribution < -0.4 is 16.6 Å². The van der Waals surface area contributed by atoms with Gasteiger partial charge in [0.15, 0.2) is 0 Å². The molecular weight excluding hydrogens is 254 g/mol. The maximum atomic E-state index is 5.52. The summed E-state index contributed by atoms with van der Waals surface area (Å²) in [7, 11) is 0. The van der Waals surface area contributed by atoms with E-state index in [4.69, 9.17) is 5.84 Å². The molecule has 1 atom stereocenters. The first kappa shape index (κ1) is 14.3. The Labute approximate surface area is 118 Å². The summed E-state index contributed by atoms with van der Waals surface area (Å²) < 4.78 is 2.02. The van der Waals surface area contributed by atoms with Gasteiger partial charge in [0.1, 0.15) is 18.0 Å². The number of nitrogens with one attached hydrogen (secondary N) is 2. The minimum atomic E-state index is 0.210. The third-order valence-corrected chi connectivity index (χ3v) is 3.02. The summed E-state index contributed by atoms with van der Waals surface area (Å²) in [4.78, 5) is 12.5. The highest BCUT2D eigenvalue weighted by Gasteiger charge is 2.16. The van der Waals surface area contributed by atoms with E-state index in [1.807, 2.05) is 10.8 Å². The number of hydrogen-bond acceptors (Lipinski definition) is 6. The number of rotatable bonds is 6. The second kappa shape index (κ2) is 6.33. The summed E-state index contributed by atoms with van der Waals surface area (Å²) in [6.45, 7) is 7.09. The van der Waals surface area contributed by atoms with Crippen molar-refractivity contribution in [3.8, 4) is 0 Å². The average molecular weight is 275 g/mol. The largest absolute Gasteiger partial charge is 0.365 e. The van der Waals surface area contributed by atoms with E-state index in [1.165, 1.54) is 6.33 Å². The van der Waals surface area contributed by atoms with Crippen LogP contribution in [0.15, 0.2) is 25.0 Å². The fraction of sp³-hybridized carbons (Fsp3) is 0.462. The fourth-order valence-electron chi connectivity index (χ4n) is 2.16. The van der Waals surface area contributed by atoms with Crippen molar-refractivity contribution < 1.29 is 0 Å². The van der Waals surface area contributed by atoms with Crippen molar-refractivity contribution in [2.24, 2.45) is 5.84 Å². The first-order chi connectivity index (χ1) is 9.61. The molecule has 108 valence electrons. The number of hydrogen-bond donors (Lipinski definition) is 3. The number of anilines is 2. The molecule has 0 radical (unpaired) electrons. The van der Waals surface area contributed by atoms with Gasteiger partial charge < -0.3 is 15.3 Å². The van der Waals surface area contributed by atoms with E-state index < -0.39 is 0 Å². The Hall–Kier alpha value is -2.15. The summed E-state index contributed by atoms with van der Waals surface area (Å²) >= 11 is 0. The van der Waals surface area contributed by atoms with Gasteiger partial charge in [-0.15, -0.1) is 0 Å². The third kappa shape index (κ3) is 3.24. The van der Waals surface area contributed by atoms with Crippen molar-refractivity contribution in [3.05, 3.63) is 30.6 Å². The van der Waals surface area contributed by atoms with Crippen molar-refractivity contribution in [1.29, 1.82) is 0 Å². The molecule has 2 rings (SSSR count). The number of nitrogens with two attached hydrogens (primary N) is 1. The van der Waals surface area contributed by atoms with Crippen LogP contribution in [0.25, 0.3) is 0 Å². The molecule has 7 heteroatoms. The van der Waals surface area contributed by atoms with E-state index in [0.717, 1.165) is 17.9 Å². The Balaban J connectivity index is 2.16. The Bertz CT molecular complexity index is 536. The molecular formula is C13H21N7. The Morgan fingerprint density at radius 2 is 2.00 bits per heavy atom. The van der Waals surface area contributed by atoms with Gasteiger partial charge in [-0.1, -0.05) is 13.8 Å². The summed E-state index contributed by atoms with van der Waals surface area (Å²) in [5, 5.41) is 3.41. The molecule has 2 aromatic heterocycles. The lowest BCUT2D eigenvalue weighted by Crippen LogP contribution is -2.24. The van der Waals surface area contributed by atoms with Crippen LogP contribution in [0.4, 0.5) is 11.6 Å². The lowest BCUT2D eigenvalue weighted by atomic mass is 10.0. The van der Waals surface area contributed by atoms with Crippen LogP contribution in [0.1, 0.15) is 32.3 Å². The lowest BCUT2D eigenvalue weighted by Gasteiger charge is -2.20. The second-order valence-electron chi connectivity index (χ2n) is 5.09. The Morgan fingerprint density at radius 3 is 2.60 bits per heavy atom. The fourth-order valence-corrected chi connectivity index (χ4v) is 2.16.